The first-order valence-electron chi connectivity index (χ1n) is 15.1. The highest BCUT2D eigenvalue weighted by Crippen LogP contribution is 2.44. The van der Waals surface area contributed by atoms with E-state index in [0.717, 1.165) is 16.9 Å². The van der Waals surface area contributed by atoms with Crippen molar-refractivity contribution < 1.29 is 0 Å². The molecule has 0 radical (unpaired) electrons. The second kappa shape index (κ2) is 8.60. The smallest absolute Gasteiger partial charge is 0.248 e. The summed E-state index contributed by atoms with van der Waals surface area (Å²) < 4.78 is 0. The lowest BCUT2D eigenvalue weighted by atomic mass is 9.32. The molecular formula is C41H23BN2. The molecule has 44 heavy (non-hydrogen) atoms. The Hall–Kier alpha value is -5.85. The molecule has 0 aromatic heterocycles. The minimum atomic E-state index is 0.0430. The minimum absolute atomic E-state index is 0.0430. The van der Waals surface area contributed by atoms with E-state index in [9.17, 15) is 5.26 Å². The van der Waals surface area contributed by atoms with E-state index in [1.807, 2.05) is 0 Å². The average molecular weight is 554 g/mol. The van der Waals surface area contributed by atoms with Gasteiger partial charge in [0, 0.05) is 17.1 Å². The fourth-order valence-corrected chi connectivity index (χ4v) is 7.93. The topological polar surface area (TPSA) is 27.0 Å². The number of fused-ring (bicyclic) bond motifs is 8. The average Bonchev–Trinajstić information content (AvgIpc) is 3.08. The Morgan fingerprint density at radius 1 is 0.500 bits per heavy atom. The molecule has 0 spiro atoms. The third-order valence-corrected chi connectivity index (χ3v) is 9.77. The first kappa shape index (κ1) is 23.7. The van der Waals surface area contributed by atoms with E-state index in [1.165, 1.54) is 70.7 Å². The van der Waals surface area contributed by atoms with Gasteiger partial charge in [-0.2, -0.15) is 5.26 Å². The standard InChI is InChI=1S/C41H23BN2/c43-24-25-18-35-34-21-30-12-5-6-13-32(30)33-14-7-15-36(40(33)34)42-37-22-28-10-3-4-11-29(28)23-38(37)44(39(19-25)41(35)42)31-17-16-26-8-1-2-9-27(26)20-31/h1-23H. The van der Waals surface area contributed by atoms with Crippen molar-refractivity contribution >= 4 is 83.3 Å². The summed E-state index contributed by atoms with van der Waals surface area (Å²) in [6.07, 6.45) is 0. The zero-order chi connectivity index (χ0) is 28.9. The first-order chi connectivity index (χ1) is 21.8. The van der Waals surface area contributed by atoms with Crippen LogP contribution in [0.4, 0.5) is 17.1 Å². The SMILES string of the molecule is N#Cc1cc2c3c(c1)N(c1ccc4ccccc4c1)c1cc4ccccc4cc1B3c1cccc3c1c-2cc1ccccc13. The summed E-state index contributed by atoms with van der Waals surface area (Å²) in [7, 11) is 0. The van der Waals surface area contributed by atoms with Gasteiger partial charge >= 0.3 is 0 Å². The fraction of sp³-hybridized carbons (Fsp3) is 0. The molecule has 0 amide bonds. The molecule has 0 unspecified atom stereocenters. The lowest BCUT2D eigenvalue weighted by Crippen LogP contribution is -2.59. The fourth-order valence-electron chi connectivity index (χ4n) is 7.93. The number of rotatable bonds is 1. The van der Waals surface area contributed by atoms with Crippen molar-refractivity contribution in [2.45, 2.75) is 0 Å². The Bertz CT molecular complexity index is 2590. The van der Waals surface area contributed by atoms with Crippen molar-refractivity contribution in [3.05, 3.63) is 145 Å². The van der Waals surface area contributed by atoms with E-state index in [2.05, 4.69) is 150 Å². The van der Waals surface area contributed by atoms with Gasteiger partial charge < -0.3 is 4.90 Å². The maximum Gasteiger partial charge on any atom is 0.248 e. The van der Waals surface area contributed by atoms with Gasteiger partial charge in [-0.1, -0.05) is 109 Å². The predicted molar refractivity (Wildman–Crippen MR) is 186 cm³/mol. The molecule has 0 bridgehead atoms. The third-order valence-electron chi connectivity index (χ3n) is 9.77. The zero-order valence-electron chi connectivity index (χ0n) is 23.8. The maximum absolute atomic E-state index is 10.4. The molecule has 200 valence electrons. The van der Waals surface area contributed by atoms with Crippen LogP contribution in [0.3, 0.4) is 0 Å². The summed E-state index contributed by atoms with van der Waals surface area (Å²) in [5.41, 5.74) is 10.3. The summed E-state index contributed by atoms with van der Waals surface area (Å²) in [6.45, 7) is 0.0430. The second-order valence-electron chi connectivity index (χ2n) is 12.0. The number of nitriles is 1. The molecule has 0 saturated carbocycles. The highest BCUT2D eigenvalue weighted by atomic mass is 15.2. The van der Waals surface area contributed by atoms with Gasteiger partial charge in [0.05, 0.1) is 11.6 Å². The molecule has 2 aliphatic heterocycles. The van der Waals surface area contributed by atoms with Gasteiger partial charge in [-0.3, -0.25) is 0 Å². The Kier molecular flexibility index (Phi) is 4.63. The van der Waals surface area contributed by atoms with Crippen LogP contribution in [0.2, 0.25) is 0 Å². The van der Waals surface area contributed by atoms with Crippen LogP contribution in [-0.4, -0.2) is 6.71 Å². The molecule has 2 heterocycles. The Balaban J connectivity index is 1.39. The van der Waals surface area contributed by atoms with Gasteiger partial charge in [-0.05, 0) is 102 Å². The summed E-state index contributed by atoms with van der Waals surface area (Å²) in [5.74, 6) is 0. The molecule has 0 fully saturated rings. The van der Waals surface area contributed by atoms with Crippen molar-refractivity contribution in [2.24, 2.45) is 0 Å². The quantitative estimate of drug-likeness (QED) is 0.150. The molecule has 8 aromatic rings. The molecule has 3 heteroatoms. The lowest BCUT2D eigenvalue weighted by molar-refractivity contribution is 1.30. The van der Waals surface area contributed by atoms with E-state index < -0.39 is 0 Å². The summed E-state index contributed by atoms with van der Waals surface area (Å²) in [6, 6.07) is 53.2. The van der Waals surface area contributed by atoms with Crippen LogP contribution in [0.15, 0.2) is 140 Å². The van der Waals surface area contributed by atoms with Crippen LogP contribution < -0.4 is 21.3 Å². The van der Waals surface area contributed by atoms with E-state index in [-0.39, 0.29) is 6.71 Å². The van der Waals surface area contributed by atoms with Crippen LogP contribution in [-0.2, 0) is 0 Å². The predicted octanol–water partition coefficient (Wildman–Crippen LogP) is 8.45. The molecule has 10 rings (SSSR count). The summed E-state index contributed by atoms with van der Waals surface area (Å²) >= 11 is 0. The summed E-state index contributed by atoms with van der Waals surface area (Å²) in [4.78, 5) is 2.40. The van der Waals surface area contributed by atoms with Gasteiger partial charge in [0.1, 0.15) is 0 Å². The normalized spacial score (nSPS) is 12.9. The van der Waals surface area contributed by atoms with Gasteiger partial charge in [-0.25, -0.2) is 0 Å². The highest BCUT2D eigenvalue weighted by molar-refractivity contribution is 7.01. The number of benzene rings is 8. The van der Waals surface area contributed by atoms with E-state index in [4.69, 9.17) is 0 Å². The minimum Gasteiger partial charge on any atom is -0.311 e. The number of anilines is 3. The largest absolute Gasteiger partial charge is 0.311 e. The van der Waals surface area contributed by atoms with Gasteiger partial charge in [-0.15, -0.1) is 0 Å². The van der Waals surface area contributed by atoms with Crippen molar-refractivity contribution in [3.63, 3.8) is 0 Å². The van der Waals surface area contributed by atoms with Gasteiger partial charge in [0.25, 0.3) is 0 Å². The van der Waals surface area contributed by atoms with Crippen molar-refractivity contribution in [3.8, 4) is 17.2 Å². The van der Waals surface area contributed by atoms with Gasteiger partial charge in [0.2, 0.25) is 6.71 Å². The van der Waals surface area contributed by atoms with Crippen LogP contribution in [0.25, 0.3) is 54.2 Å². The van der Waals surface area contributed by atoms with Crippen LogP contribution in [0.5, 0.6) is 0 Å². The number of hydrogen-bond donors (Lipinski definition) is 0. The molecular weight excluding hydrogens is 531 g/mol. The first-order valence-corrected chi connectivity index (χ1v) is 15.1. The molecule has 0 atom stereocenters. The van der Waals surface area contributed by atoms with Gasteiger partial charge in [0.15, 0.2) is 0 Å². The Labute approximate surface area is 255 Å². The Morgan fingerprint density at radius 3 is 2.02 bits per heavy atom. The third kappa shape index (κ3) is 3.09. The van der Waals surface area contributed by atoms with Crippen LogP contribution in [0, 0.1) is 11.3 Å². The van der Waals surface area contributed by atoms with Crippen LogP contribution in [0.1, 0.15) is 5.56 Å². The van der Waals surface area contributed by atoms with Crippen LogP contribution >= 0.6 is 0 Å². The second-order valence-corrected chi connectivity index (χ2v) is 12.0. The Morgan fingerprint density at radius 2 is 1.20 bits per heavy atom. The van der Waals surface area contributed by atoms with Crippen molar-refractivity contribution in [1.29, 1.82) is 5.26 Å². The number of hydrogen-bond acceptors (Lipinski definition) is 2. The van der Waals surface area contributed by atoms with E-state index in [1.54, 1.807) is 0 Å². The highest BCUT2D eigenvalue weighted by Gasteiger charge is 2.41. The monoisotopic (exact) mass is 554 g/mol. The molecule has 2 nitrogen and oxygen atoms in total. The lowest BCUT2D eigenvalue weighted by Gasteiger charge is -2.41. The number of nitrogens with zero attached hydrogens (tertiary/aromatic N) is 2. The van der Waals surface area contributed by atoms with E-state index >= 15 is 0 Å². The zero-order valence-corrected chi connectivity index (χ0v) is 23.8. The summed E-state index contributed by atoms with van der Waals surface area (Å²) in [5, 5.41) is 20.3. The van der Waals surface area contributed by atoms with Crippen molar-refractivity contribution in [2.75, 3.05) is 4.90 Å². The molecule has 2 aliphatic rings. The molecule has 0 saturated heterocycles. The molecule has 0 N–H and O–H groups in total. The van der Waals surface area contributed by atoms with E-state index in [0.29, 0.717) is 5.56 Å². The molecule has 8 aromatic carbocycles. The van der Waals surface area contributed by atoms with Crippen molar-refractivity contribution in [1.82, 2.24) is 0 Å². The molecule has 0 aliphatic carbocycles. The maximum atomic E-state index is 10.4.